The largest absolute Gasteiger partial charge is 0.438 e. The van der Waals surface area contributed by atoms with Gasteiger partial charge in [0.05, 0.1) is 6.33 Å². The number of anilines is 1. The van der Waals surface area contributed by atoms with Crippen molar-refractivity contribution in [2.24, 2.45) is 5.92 Å². The van der Waals surface area contributed by atoms with Crippen LogP contribution >= 0.6 is 0 Å². The zero-order chi connectivity index (χ0) is 28.7. The molecule has 0 bridgehead atoms. The normalized spacial score (nSPS) is 28.5. The first-order valence-electron chi connectivity index (χ1n) is 14.1. The van der Waals surface area contributed by atoms with Crippen LogP contribution in [0.2, 0.25) is 0 Å². The molecule has 5 atom stereocenters. The summed E-state index contributed by atoms with van der Waals surface area (Å²) >= 11 is 0. The van der Waals surface area contributed by atoms with E-state index < -0.39 is 42.6 Å². The van der Waals surface area contributed by atoms with E-state index in [1.807, 2.05) is 0 Å². The first-order valence-corrected chi connectivity index (χ1v) is 14.1. The van der Waals surface area contributed by atoms with Gasteiger partial charge >= 0.3 is 6.09 Å². The Bertz CT molecular complexity index is 1410. The summed E-state index contributed by atoms with van der Waals surface area (Å²) in [6.07, 6.45) is 0.863. The molecule has 0 radical (unpaired) electrons. The molecule has 2 aromatic heterocycles. The van der Waals surface area contributed by atoms with Gasteiger partial charge in [0.1, 0.15) is 17.7 Å². The van der Waals surface area contributed by atoms with Gasteiger partial charge in [-0.05, 0) is 50.4 Å². The van der Waals surface area contributed by atoms with Crippen molar-refractivity contribution in [2.45, 2.75) is 88.1 Å². The number of amides is 2. The van der Waals surface area contributed by atoms with Crippen LogP contribution in [-0.2, 0) is 19.1 Å². The highest BCUT2D eigenvalue weighted by Crippen LogP contribution is 2.33. The molecule has 14 heteroatoms. The SMILES string of the molecule is Nc1nc(C#CCC2CCN(C(=O)OC3CCCC3=O)CC2)nc2c1ncn2[C@@H]1O[C@H](C(=O)NC2CC2)C(O)[C@@H]1O. The fraction of sp³-hybridized carbons (Fsp3) is 0.630. The molecule has 2 aromatic rings. The number of aliphatic hydroxyl groups is 2. The number of nitrogens with one attached hydrogen (secondary N) is 1. The maximum atomic E-state index is 12.5. The highest BCUT2D eigenvalue weighted by molar-refractivity contribution is 5.87. The minimum atomic E-state index is -1.42. The van der Waals surface area contributed by atoms with Crippen molar-refractivity contribution >= 4 is 34.8 Å². The highest BCUT2D eigenvalue weighted by Gasteiger charge is 2.48. The van der Waals surface area contributed by atoms with Gasteiger partial charge < -0.3 is 35.6 Å². The Hall–Kier alpha value is -3.80. The van der Waals surface area contributed by atoms with Crippen LogP contribution in [0.15, 0.2) is 6.33 Å². The predicted molar refractivity (Wildman–Crippen MR) is 142 cm³/mol. The molecular formula is C27H33N7O7. The quantitative estimate of drug-likeness (QED) is 0.356. The van der Waals surface area contributed by atoms with Crippen molar-refractivity contribution in [2.75, 3.05) is 18.8 Å². The summed E-state index contributed by atoms with van der Waals surface area (Å²) in [4.78, 5) is 51.2. The number of carbonyl (C=O) groups excluding carboxylic acids is 3. The summed E-state index contributed by atoms with van der Waals surface area (Å²) < 4.78 is 12.6. The molecule has 2 saturated carbocycles. The number of aliphatic hydroxyl groups excluding tert-OH is 2. The molecule has 41 heavy (non-hydrogen) atoms. The number of hydrogen-bond acceptors (Lipinski definition) is 11. The molecule has 5 N–H and O–H groups in total. The third-order valence-corrected chi connectivity index (χ3v) is 8.10. The number of ether oxygens (including phenoxy) is 2. The third-order valence-electron chi connectivity index (χ3n) is 8.10. The van der Waals surface area contributed by atoms with Crippen LogP contribution in [0.5, 0.6) is 0 Å². The lowest BCUT2D eigenvalue weighted by molar-refractivity contribution is -0.137. The summed E-state index contributed by atoms with van der Waals surface area (Å²) in [6.45, 7) is 1.08. The molecule has 4 fully saturated rings. The third kappa shape index (κ3) is 5.70. The summed E-state index contributed by atoms with van der Waals surface area (Å²) in [5.41, 5.74) is 6.65. The van der Waals surface area contributed by atoms with Crippen LogP contribution in [0.3, 0.4) is 0 Å². The number of hydrogen-bond donors (Lipinski definition) is 4. The van der Waals surface area contributed by atoms with Crippen molar-refractivity contribution in [3.05, 3.63) is 12.2 Å². The van der Waals surface area contributed by atoms with E-state index in [4.69, 9.17) is 15.2 Å². The molecule has 0 spiro atoms. The van der Waals surface area contributed by atoms with E-state index >= 15 is 0 Å². The van der Waals surface area contributed by atoms with E-state index in [0.717, 1.165) is 32.1 Å². The Morgan fingerprint density at radius 2 is 1.93 bits per heavy atom. The lowest BCUT2D eigenvalue weighted by atomic mass is 9.94. The molecule has 2 unspecified atom stereocenters. The van der Waals surface area contributed by atoms with Gasteiger partial charge in [0.2, 0.25) is 5.82 Å². The average Bonchev–Trinajstić information content (AvgIpc) is 3.39. The number of aromatic nitrogens is 4. The minimum absolute atomic E-state index is 0.00221. The van der Waals surface area contributed by atoms with Gasteiger partial charge in [-0.25, -0.2) is 19.7 Å². The van der Waals surface area contributed by atoms with Crippen LogP contribution < -0.4 is 11.1 Å². The number of carbonyl (C=O) groups is 3. The fourth-order valence-electron chi connectivity index (χ4n) is 5.50. The van der Waals surface area contributed by atoms with E-state index in [-0.39, 0.29) is 40.5 Å². The van der Waals surface area contributed by atoms with E-state index in [2.05, 4.69) is 32.1 Å². The zero-order valence-corrected chi connectivity index (χ0v) is 22.4. The van der Waals surface area contributed by atoms with Gasteiger partial charge in [0, 0.05) is 32.0 Å². The Kier molecular flexibility index (Phi) is 7.50. The Balaban J connectivity index is 1.08. The van der Waals surface area contributed by atoms with Crippen LogP contribution in [0, 0.1) is 17.8 Å². The topological polar surface area (TPSA) is 195 Å². The number of fused-ring (bicyclic) bond motifs is 1. The second kappa shape index (κ2) is 11.2. The lowest BCUT2D eigenvalue weighted by Crippen LogP contribution is -2.43. The number of Topliss-reactive ketones (excluding diaryl/α,β-unsaturated/α-hetero) is 1. The smallest absolute Gasteiger partial charge is 0.410 e. The number of nitrogens with zero attached hydrogens (tertiary/aromatic N) is 5. The number of ketones is 1. The number of likely N-dealkylation sites (tertiary alicyclic amines) is 1. The Morgan fingerprint density at radius 1 is 1.15 bits per heavy atom. The number of nitrogens with two attached hydrogens (primary N) is 1. The minimum Gasteiger partial charge on any atom is -0.438 e. The molecule has 218 valence electrons. The van der Waals surface area contributed by atoms with Crippen molar-refractivity contribution in [3.63, 3.8) is 0 Å². The van der Waals surface area contributed by atoms with Gasteiger partial charge in [-0.15, -0.1) is 0 Å². The number of nitrogen functional groups attached to an aromatic ring is 1. The first-order chi connectivity index (χ1) is 19.8. The first kappa shape index (κ1) is 27.4. The summed E-state index contributed by atoms with van der Waals surface area (Å²) in [5, 5.41) is 23.9. The molecule has 4 heterocycles. The van der Waals surface area contributed by atoms with Crippen LogP contribution in [-0.4, -0.2) is 96.0 Å². The Labute approximate surface area is 235 Å². The number of piperidine rings is 1. The molecule has 14 nitrogen and oxygen atoms in total. The van der Waals surface area contributed by atoms with E-state index in [1.165, 1.54) is 10.9 Å². The van der Waals surface area contributed by atoms with Crippen molar-refractivity contribution < 1.29 is 34.1 Å². The molecule has 2 aliphatic heterocycles. The maximum Gasteiger partial charge on any atom is 0.410 e. The fourth-order valence-corrected chi connectivity index (χ4v) is 5.50. The van der Waals surface area contributed by atoms with Crippen molar-refractivity contribution in [1.29, 1.82) is 0 Å². The van der Waals surface area contributed by atoms with Crippen LogP contribution in [0.1, 0.15) is 63.4 Å². The predicted octanol–water partition coefficient (Wildman–Crippen LogP) is 0.0181. The van der Waals surface area contributed by atoms with Gasteiger partial charge in [0.15, 0.2) is 35.7 Å². The average molecular weight is 568 g/mol. The monoisotopic (exact) mass is 567 g/mol. The van der Waals surface area contributed by atoms with Crippen molar-refractivity contribution in [1.82, 2.24) is 29.7 Å². The van der Waals surface area contributed by atoms with Crippen LogP contribution in [0.25, 0.3) is 11.2 Å². The Morgan fingerprint density at radius 3 is 2.63 bits per heavy atom. The molecule has 4 aliphatic rings. The van der Waals surface area contributed by atoms with E-state index in [9.17, 15) is 24.6 Å². The maximum absolute atomic E-state index is 12.5. The van der Waals surface area contributed by atoms with Gasteiger partial charge in [-0.1, -0.05) is 5.92 Å². The van der Waals surface area contributed by atoms with Gasteiger partial charge in [-0.2, -0.15) is 0 Å². The molecule has 2 amide bonds. The van der Waals surface area contributed by atoms with Crippen molar-refractivity contribution in [3.8, 4) is 11.8 Å². The number of rotatable bonds is 5. The molecule has 2 aliphatic carbocycles. The number of imidazole rings is 1. The van der Waals surface area contributed by atoms with E-state index in [0.29, 0.717) is 32.4 Å². The van der Waals surface area contributed by atoms with Gasteiger partial charge in [-0.3, -0.25) is 14.2 Å². The van der Waals surface area contributed by atoms with Crippen LogP contribution in [0.4, 0.5) is 10.6 Å². The summed E-state index contributed by atoms with van der Waals surface area (Å²) in [7, 11) is 0. The summed E-state index contributed by atoms with van der Waals surface area (Å²) in [6, 6.07) is 0.0785. The van der Waals surface area contributed by atoms with E-state index in [1.54, 1.807) is 4.90 Å². The zero-order valence-electron chi connectivity index (χ0n) is 22.4. The second-order valence-corrected chi connectivity index (χ2v) is 11.1. The molecule has 0 aromatic carbocycles. The second-order valence-electron chi connectivity index (χ2n) is 11.1. The molecule has 2 saturated heterocycles. The van der Waals surface area contributed by atoms with Gasteiger partial charge in [0.25, 0.3) is 5.91 Å². The lowest BCUT2D eigenvalue weighted by Gasteiger charge is -2.31. The standard InChI is InChI=1S/C27H33N7O7/c28-23-19-24(34(13-29-19)26-21(37)20(36)22(41-26)25(38)30-15-7-8-15)32-18(31-23)6-1-3-14-9-11-33(12-10-14)27(39)40-17-5-2-4-16(17)35/h13-15,17,20-22,26,36-37H,2-5,7-12H2,(H,30,38)(H2,28,31,32)/t17?,20?,21-,22-,26+/m0/s1. The molecule has 6 rings (SSSR count). The summed E-state index contributed by atoms with van der Waals surface area (Å²) in [5.74, 6) is 6.10. The highest BCUT2D eigenvalue weighted by atomic mass is 16.6. The molecular weight excluding hydrogens is 534 g/mol.